The zero-order valence-corrected chi connectivity index (χ0v) is 8.18. The van der Waals surface area contributed by atoms with Crippen molar-refractivity contribution in [2.45, 2.75) is 26.3 Å². The number of nitrogens with zero attached hydrogens (tertiary/aromatic N) is 2. The molecule has 1 aliphatic carbocycles. The lowest BCUT2D eigenvalue weighted by atomic mass is 9.75. The molecular formula is C10H14N2O2. The normalized spacial score (nSPS) is 25.8. The molecule has 4 heteroatoms. The van der Waals surface area contributed by atoms with E-state index in [9.17, 15) is 4.79 Å². The standard InChI is InChI=1S/C10H14N2O2/c1-7-2-3-8(7)6-12-5-4-9(11-12)10(13)14/h4-5,7-8H,2-3,6H2,1H3,(H,13,14)/t7-,8-/m1/s1. The Hall–Kier alpha value is -1.32. The minimum absolute atomic E-state index is 0.136. The van der Waals surface area contributed by atoms with Crippen molar-refractivity contribution in [3.05, 3.63) is 18.0 Å². The molecule has 0 saturated heterocycles. The summed E-state index contributed by atoms with van der Waals surface area (Å²) in [6.07, 6.45) is 4.27. The Morgan fingerprint density at radius 2 is 2.50 bits per heavy atom. The Morgan fingerprint density at radius 3 is 2.93 bits per heavy atom. The Balaban J connectivity index is 1.99. The first-order chi connectivity index (χ1) is 6.66. The van der Waals surface area contributed by atoms with Crippen molar-refractivity contribution in [2.24, 2.45) is 11.8 Å². The van der Waals surface area contributed by atoms with Gasteiger partial charge in [-0.1, -0.05) is 13.3 Å². The number of carbonyl (C=O) groups is 1. The molecule has 4 nitrogen and oxygen atoms in total. The molecule has 0 radical (unpaired) electrons. The van der Waals surface area contributed by atoms with E-state index in [1.165, 1.54) is 12.8 Å². The molecule has 1 fully saturated rings. The molecule has 0 amide bonds. The summed E-state index contributed by atoms with van der Waals surface area (Å²) >= 11 is 0. The monoisotopic (exact) mass is 194 g/mol. The van der Waals surface area contributed by atoms with Crippen molar-refractivity contribution in [1.82, 2.24) is 9.78 Å². The van der Waals surface area contributed by atoms with E-state index in [2.05, 4.69) is 12.0 Å². The largest absolute Gasteiger partial charge is 0.476 e. The predicted octanol–water partition coefficient (Wildman–Crippen LogP) is 1.63. The number of aromatic nitrogens is 2. The van der Waals surface area contributed by atoms with Crippen molar-refractivity contribution in [1.29, 1.82) is 0 Å². The van der Waals surface area contributed by atoms with Crippen LogP contribution in [0.5, 0.6) is 0 Å². The van der Waals surface area contributed by atoms with E-state index in [0.29, 0.717) is 5.92 Å². The van der Waals surface area contributed by atoms with Gasteiger partial charge in [0, 0.05) is 12.7 Å². The van der Waals surface area contributed by atoms with E-state index < -0.39 is 5.97 Å². The van der Waals surface area contributed by atoms with Gasteiger partial charge in [-0.3, -0.25) is 4.68 Å². The van der Waals surface area contributed by atoms with Crippen molar-refractivity contribution in [2.75, 3.05) is 0 Å². The number of aromatic carboxylic acids is 1. The first kappa shape index (κ1) is 9.24. The summed E-state index contributed by atoms with van der Waals surface area (Å²) in [7, 11) is 0. The second-order valence-corrected chi connectivity index (χ2v) is 4.04. The minimum Gasteiger partial charge on any atom is -0.476 e. The van der Waals surface area contributed by atoms with Gasteiger partial charge in [0.15, 0.2) is 5.69 Å². The Kier molecular flexibility index (Phi) is 2.27. The maximum absolute atomic E-state index is 10.6. The first-order valence-corrected chi connectivity index (χ1v) is 4.93. The van der Waals surface area contributed by atoms with Gasteiger partial charge in [-0.15, -0.1) is 0 Å². The first-order valence-electron chi connectivity index (χ1n) is 4.93. The van der Waals surface area contributed by atoms with Crippen LogP contribution in [-0.2, 0) is 6.54 Å². The zero-order chi connectivity index (χ0) is 10.1. The average molecular weight is 194 g/mol. The fraction of sp³-hybridized carbons (Fsp3) is 0.600. The number of rotatable bonds is 3. The average Bonchev–Trinajstić information content (AvgIpc) is 2.60. The van der Waals surface area contributed by atoms with Gasteiger partial charge in [-0.25, -0.2) is 4.79 Å². The van der Waals surface area contributed by atoms with Crippen LogP contribution in [0.4, 0.5) is 0 Å². The van der Waals surface area contributed by atoms with Gasteiger partial charge < -0.3 is 5.11 Å². The third-order valence-electron chi connectivity index (χ3n) is 3.08. The van der Waals surface area contributed by atoms with E-state index in [-0.39, 0.29) is 5.69 Å². The lowest BCUT2D eigenvalue weighted by Crippen LogP contribution is -2.27. The van der Waals surface area contributed by atoms with Crippen molar-refractivity contribution >= 4 is 5.97 Å². The van der Waals surface area contributed by atoms with Gasteiger partial charge in [0.1, 0.15) is 0 Å². The predicted molar refractivity (Wildman–Crippen MR) is 51.1 cm³/mol. The molecular weight excluding hydrogens is 180 g/mol. The fourth-order valence-corrected chi connectivity index (χ4v) is 1.82. The number of carboxylic acid groups (broad SMARTS) is 1. The van der Waals surface area contributed by atoms with Crippen molar-refractivity contribution in [3.8, 4) is 0 Å². The Labute approximate surface area is 82.5 Å². The molecule has 1 aliphatic rings. The van der Waals surface area contributed by atoms with E-state index in [4.69, 9.17) is 5.11 Å². The van der Waals surface area contributed by atoms with Crippen LogP contribution < -0.4 is 0 Å². The van der Waals surface area contributed by atoms with Crippen LogP contribution in [0.15, 0.2) is 12.3 Å². The maximum atomic E-state index is 10.6. The highest BCUT2D eigenvalue weighted by molar-refractivity contribution is 5.84. The summed E-state index contributed by atoms with van der Waals surface area (Å²) in [6.45, 7) is 3.09. The van der Waals surface area contributed by atoms with Crippen LogP contribution in [0.3, 0.4) is 0 Å². The van der Waals surface area contributed by atoms with Crippen molar-refractivity contribution in [3.63, 3.8) is 0 Å². The molecule has 0 aromatic carbocycles. The minimum atomic E-state index is -0.953. The summed E-state index contributed by atoms with van der Waals surface area (Å²) in [5, 5.41) is 12.7. The lowest BCUT2D eigenvalue weighted by molar-refractivity contribution is 0.0688. The quantitative estimate of drug-likeness (QED) is 0.795. The maximum Gasteiger partial charge on any atom is 0.356 e. The Bertz CT molecular complexity index is 346. The Morgan fingerprint density at radius 1 is 1.71 bits per heavy atom. The molecule has 0 aliphatic heterocycles. The summed E-state index contributed by atoms with van der Waals surface area (Å²) in [6, 6.07) is 1.55. The van der Waals surface area contributed by atoms with E-state index in [1.807, 2.05) is 0 Å². The molecule has 0 spiro atoms. The number of carboxylic acids is 1. The third kappa shape index (κ3) is 1.64. The van der Waals surface area contributed by atoms with Gasteiger partial charge in [0.05, 0.1) is 0 Å². The molecule has 1 aromatic rings. The van der Waals surface area contributed by atoms with Crippen LogP contribution >= 0.6 is 0 Å². The number of hydrogen-bond donors (Lipinski definition) is 1. The second kappa shape index (κ2) is 3.44. The van der Waals surface area contributed by atoms with Gasteiger partial charge in [-0.2, -0.15) is 5.10 Å². The van der Waals surface area contributed by atoms with Crippen molar-refractivity contribution < 1.29 is 9.90 Å². The molecule has 1 aromatic heterocycles. The van der Waals surface area contributed by atoms with Gasteiger partial charge in [0.25, 0.3) is 0 Å². The van der Waals surface area contributed by atoms with Crippen LogP contribution in [0.2, 0.25) is 0 Å². The van der Waals surface area contributed by atoms with Crippen LogP contribution in [0.25, 0.3) is 0 Å². The zero-order valence-electron chi connectivity index (χ0n) is 8.18. The highest BCUT2D eigenvalue weighted by Gasteiger charge is 2.27. The highest BCUT2D eigenvalue weighted by Crippen LogP contribution is 2.34. The molecule has 1 N–H and O–H groups in total. The SMILES string of the molecule is C[C@@H]1CC[C@@H]1Cn1ccc(C(=O)O)n1. The molecule has 76 valence electrons. The second-order valence-electron chi connectivity index (χ2n) is 4.04. The summed E-state index contributed by atoms with van der Waals surface area (Å²) < 4.78 is 1.74. The summed E-state index contributed by atoms with van der Waals surface area (Å²) in [5.74, 6) is 0.481. The van der Waals surface area contributed by atoms with E-state index in [1.54, 1.807) is 16.9 Å². The number of hydrogen-bond acceptors (Lipinski definition) is 2. The van der Waals surface area contributed by atoms with Gasteiger partial charge >= 0.3 is 5.97 Å². The molecule has 2 atom stereocenters. The third-order valence-corrected chi connectivity index (χ3v) is 3.08. The van der Waals surface area contributed by atoms with Crippen LogP contribution in [-0.4, -0.2) is 20.9 Å². The van der Waals surface area contributed by atoms with Gasteiger partial charge in [-0.05, 0) is 24.3 Å². The molecule has 14 heavy (non-hydrogen) atoms. The van der Waals surface area contributed by atoms with Crippen LogP contribution in [0.1, 0.15) is 30.3 Å². The summed E-state index contributed by atoms with van der Waals surface area (Å²) in [4.78, 5) is 10.6. The topological polar surface area (TPSA) is 55.1 Å². The smallest absolute Gasteiger partial charge is 0.356 e. The molecule has 0 unspecified atom stereocenters. The molecule has 1 heterocycles. The van der Waals surface area contributed by atoms with E-state index >= 15 is 0 Å². The van der Waals surface area contributed by atoms with E-state index in [0.717, 1.165) is 12.5 Å². The van der Waals surface area contributed by atoms with Crippen LogP contribution in [0, 0.1) is 11.8 Å². The summed E-state index contributed by atoms with van der Waals surface area (Å²) in [5.41, 5.74) is 0.136. The molecule has 0 bridgehead atoms. The highest BCUT2D eigenvalue weighted by atomic mass is 16.4. The molecule has 1 saturated carbocycles. The molecule has 2 rings (SSSR count). The fourth-order valence-electron chi connectivity index (χ4n) is 1.82. The lowest BCUT2D eigenvalue weighted by Gasteiger charge is -2.33. The van der Waals surface area contributed by atoms with Gasteiger partial charge in [0.2, 0.25) is 0 Å².